The molecule has 1 amide bonds. The topological polar surface area (TPSA) is 145 Å². The fourth-order valence-electron chi connectivity index (χ4n) is 4.59. The Hall–Kier alpha value is -3.80. The number of hydrogen-bond donors (Lipinski definition) is 3. The fraction of sp³-hybridized carbons (Fsp3) is 0.391. The molecule has 5 rings (SSSR count). The molecule has 3 N–H and O–H groups in total. The predicted molar refractivity (Wildman–Crippen MR) is 126 cm³/mol. The van der Waals surface area contributed by atoms with E-state index in [9.17, 15) is 19.5 Å². The van der Waals surface area contributed by atoms with E-state index in [4.69, 9.17) is 9.47 Å². The molecule has 184 valence electrons. The maximum Gasteiger partial charge on any atom is 0.357 e. The molecule has 0 unspecified atom stereocenters. The Morgan fingerprint density at radius 1 is 1.31 bits per heavy atom. The Morgan fingerprint density at radius 2 is 2.09 bits per heavy atom. The molecule has 1 aliphatic carbocycles. The molecule has 3 aromatic rings. The first-order valence-corrected chi connectivity index (χ1v) is 12.1. The van der Waals surface area contributed by atoms with E-state index in [2.05, 4.69) is 20.0 Å². The molecule has 1 aliphatic heterocycles. The minimum Gasteiger partial charge on any atom is -0.493 e. The SMILES string of the molecule is COC(=O)c1csc(NC(=O)[C@H](CC2CCCC2)n2c(O)c(-c3ccc4c(c3)OCO4)[nH]c2=O)n1. The lowest BCUT2D eigenvalue weighted by molar-refractivity contribution is -0.120. The lowest BCUT2D eigenvalue weighted by Gasteiger charge is -2.21. The van der Waals surface area contributed by atoms with Crippen LogP contribution in [0.3, 0.4) is 0 Å². The van der Waals surface area contributed by atoms with Gasteiger partial charge in [-0.05, 0) is 30.5 Å². The molecule has 35 heavy (non-hydrogen) atoms. The molecule has 1 fully saturated rings. The van der Waals surface area contributed by atoms with Crippen LogP contribution in [0.4, 0.5) is 5.13 Å². The Balaban J connectivity index is 1.47. The van der Waals surface area contributed by atoms with E-state index in [-0.39, 0.29) is 35.1 Å². The number of nitrogens with one attached hydrogen (secondary N) is 2. The van der Waals surface area contributed by atoms with Gasteiger partial charge in [0.1, 0.15) is 11.7 Å². The van der Waals surface area contributed by atoms with Gasteiger partial charge in [0.15, 0.2) is 22.3 Å². The molecule has 11 nitrogen and oxygen atoms in total. The number of methoxy groups -OCH3 is 1. The van der Waals surface area contributed by atoms with Crippen molar-refractivity contribution in [3.8, 4) is 28.6 Å². The van der Waals surface area contributed by atoms with Crippen molar-refractivity contribution in [1.82, 2.24) is 14.5 Å². The van der Waals surface area contributed by atoms with Crippen molar-refractivity contribution in [1.29, 1.82) is 0 Å². The number of amides is 1. The maximum absolute atomic E-state index is 13.4. The Kier molecular flexibility index (Phi) is 6.20. The van der Waals surface area contributed by atoms with Crippen molar-refractivity contribution in [2.24, 2.45) is 5.92 Å². The number of fused-ring (bicyclic) bond motifs is 1. The number of aromatic hydroxyl groups is 1. The number of nitrogens with zero attached hydrogens (tertiary/aromatic N) is 2. The number of hydrogen-bond acceptors (Lipinski definition) is 9. The number of aromatic nitrogens is 3. The lowest BCUT2D eigenvalue weighted by Crippen LogP contribution is -2.33. The zero-order chi connectivity index (χ0) is 24.5. The lowest BCUT2D eigenvalue weighted by atomic mass is 9.97. The number of aromatic amines is 1. The van der Waals surface area contributed by atoms with Crippen LogP contribution in [0.2, 0.25) is 0 Å². The van der Waals surface area contributed by atoms with E-state index in [0.717, 1.165) is 41.6 Å². The third-order valence-electron chi connectivity index (χ3n) is 6.34. The van der Waals surface area contributed by atoms with Crippen molar-refractivity contribution < 1.29 is 28.9 Å². The third-order valence-corrected chi connectivity index (χ3v) is 7.10. The summed E-state index contributed by atoms with van der Waals surface area (Å²) in [5.41, 5.74) is 0.166. The zero-order valence-corrected chi connectivity index (χ0v) is 19.7. The van der Waals surface area contributed by atoms with Crippen LogP contribution >= 0.6 is 11.3 Å². The maximum atomic E-state index is 13.4. The molecule has 0 spiro atoms. The van der Waals surface area contributed by atoms with Gasteiger partial charge >= 0.3 is 11.7 Å². The highest BCUT2D eigenvalue weighted by atomic mass is 32.1. The Labute approximate surface area is 203 Å². The number of anilines is 1. The molecule has 0 bridgehead atoms. The summed E-state index contributed by atoms with van der Waals surface area (Å²) >= 11 is 1.07. The molecule has 3 heterocycles. The number of benzene rings is 1. The summed E-state index contributed by atoms with van der Waals surface area (Å²) in [6.45, 7) is 0.0976. The number of ether oxygens (including phenoxy) is 3. The summed E-state index contributed by atoms with van der Waals surface area (Å²) in [5.74, 6) is -0.151. The molecule has 2 aromatic heterocycles. The van der Waals surface area contributed by atoms with E-state index in [1.165, 1.54) is 12.5 Å². The zero-order valence-electron chi connectivity index (χ0n) is 18.9. The third kappa shape index (κ3) is 4.48. The quantitative estimate of drug-likeness (QED) is 0.419. The second-order valence-electron chi connectivity index (χ2n) is 8.49. The number of carbonyl (C=O) groups is 2. The number of H-pyrrole nitrogens is 1. The molecule has 0 radical (unpaired) electrons. The van der Waals surface area contributed by atoms with Crippen molar-refractivity contribution in [2.75, 3.05) is 19.2 Å². The normalized spacial score (nSPS) is 15.8. The molecular formula is C23H24N4O7S. The van der Waals surface area contributed by atoms with Crippen molar-refractivity contribution in [3.63, 3.8) is 0 Å². The van der Waals surface area contributed by atoms with Crippen LogP contribution in [-0.4, -0.2) is 45.4 Å². The number of imidazole rings is 1. The largest absolute Gasteiger partial charge is 0.493 e. The number of esters is 1. The van der Waals surface area contributed by atoms with Gasteiger partial charge < -0.3 is 29.6 Å². The number of thiazole rings is 1. The van der Waals surface area contributed by atoms with Crippen molar-refractivity contribution in [2.45, 2.75) is 38.1 Å². The standard InChI is InChI=1S/C23H24N4O7S/c1-32-21(30)14-10-35-22(24-14)26-19(28)15(8-12-4-2-3-5-12)27-20(29)18(25-23(27)31)13-6-7-16-17(9-13)34-11-33-16/h6-7,9-10,12,15,29H,2-5,8,11H2,1H3,(H,25,31)(H,24,26,28)/t15-/m0/s1. The number of rotatable bonds is 7. The van der Waals surface area contributed by atoms with E-state index < -0.39 is 23.6 Å². The molecule has 12 heteroatoms. The van der Waals surface area contributed by atoms with Gasteiger partial charge in [-0.15, -0.1) is 11.3 Å². The fourth-order valence-corrected chi connectivity index (χ4v) is 5.27. The summed E-state index contributed by atoms with van der Waals surface area (Å²) in [7, 11) is 1.25. The first-order chi connectivity index (χ1) is 16.9. The first kappa shape index (κ1) is 23.0. The van der Waals surface area contributed by atoms with E-state index in [1.807, 2.05) is 0 Å². The summed E-state index contributed by atoms with van der Waals surface area (Å²) in [5, 5.41) is 15.5. The van der Waals surface area contributed by atoms with Crippen LogP contribution in [0, 0.1) is 5.92 Å². The van der Waals surface area contributed by atoms with Crippen LogP contribution in [0.25, 0.3) is 11.3 Å². The van der Waals surface area contributed by atoms with Crippen LogP contribution in [-0.2, 0) is 9.53 Å². The van der Waals surface area contributed by atoms with Crippen LogP contribution < -0.4 is 20.5 Å². The number of carbonyl (C=O) groups excluding carboxylic acids is 2. The first-order valence-electron chi connectivity index (χ1n) is 11.2. The van der Waals surface area contributed by atoms with Crippen LogP contribution in [0.1, 0.15) is 48.6 Å². The minimum atomic E-state index is -0.977. The molecule has 2 aliphatic rings. The average Bonchev–Trinajstić information content (AvgIpc) is 3.65. The summed E-state index contributed by atoms with van der Waals surface area (Å²) in [4.78, 5) is 44.9. The van der Waals surface area contributed by atoms with E-state index >= 15 is 0 Å². The van der Waals surface area contributed by atoms with E-state index in [0.29, 0.717) is 23.5 Å². The van der Waals surface area contributed by atoms with Crippen molar-refractivity contribution >= 4 is 28.3 Å². The van der Waals surface area contributed by atoms with E-state index in [1.54, 1.807) is 18.2 Å². The van der Waals surface area contributed by atoms with Gasteiger partial charge in [0.25, 0.3) is 0 Å². The van der Waals surface area contributed by atoms with Gasteiger partial charge in [-0.3, -0.25) is 9.36 Å². The van der Waals surface area contributed by atoms with Gasteiger partial charge in [-0.2, -0.15) is 0 Å². The minimum absolute atomic E-state index is 0.0758. The highest BCUT2D eigenvalue weighted by Crippen LogP contribution is 2.39. The molecular weight excluding hydrogens is 476 g/mol. The molecule has 1 atom stereocenters. The highest BCUT2D eigenvalue weighted by Gasteiger charge is 2.32. The second kappa shape index (κ2) is 9.45. The van der Waals surface area contributed by atoms with Gasteiger partial charge in [-0.25, -0.2) is 14.6 Å². The smallest absolute Gasteiger partial charge is 0.357 e. The summed E-state index contributed by atoms with van der Waals surface area (Å²) < 4.78 is 16.5. The summed E-state index contributed by atoms with van der Waals surface area (Å²) in [6.07, 6.45) is 4.40. The average molecular weight is 501 g/mol. The Morgan fingerprint density at radius 3 is 2.86 bits per heavy atom. The van der Waals surface area contributed by atoms with Gasteiger partial charge in [-0.1, -0.05) is 25.7 Å². The van der Waals surface area contributed by atoms with Crippen molar-refractivity contribution in [3.05, 3.63) is 39.8 Å². The molecule has 0 saturated heterocycles. The monoisotopic (exact) mass is 500 g/mol. The van der Waals surface area contributed by atoms with Gasteiger partial charge in [0.05, 0.1) is 7.11 Å². The predicted octanol–water partition coefficient (Wildman–Crippen LogP) is 3.28. The van der Waals surface area contributed by atoms with Crippen LogP contribution in [0.5, 0.6) is 17.4 Å². The van der Waals surface area contributed by atoms with Crippen LogP contribution in [0.15, 0.2) is 28.4 Å². The molecule has 1 saturated carbocycles. The molecule has 1 aromatic carbocycles. The van der Waals surface area contributed by atoms with Gasteiger partial charge in [0, 0.05) is 10.9 Å². The Bertz CT molecular complexity index is 1320. The summed E-state index contributed by atoms with van der Waals surface area (Å²) in [6, 6.07) is 4.07. The second-order valence-corrected chi connectivity index (χ2v) is 9.35. The highest BCUT2D eigenvalue weighted by molar-refractivity contribution is 7.14. The van der Waals surface area contributed by atoms with Gasteiger partial charge in [0.2, 0.25) is 18.6 Å².